The number of alkyl carbamates (subject to hydrolysis) is 1. The molecule has 6 heteroatoms. The second-order valence-electron chi connectivity index (χ2n) is 5.15. The Hall–Kier alpha value is -1.56. The monoisotopic (exact) mass is 343 g/mol. The van der Waals surface area contributed by atoms with Gasteiger partial charge in [-0.2, -0.15) is 0 Å². The fourth-order valence-electron chi connectivity index (χ4n) is 1.48. The quantitative estimate of drug-likeness (QED) is 0.856. The maximum atomic E-state index is 11.8. The molecule has 1 rings (SSSR count). The summed E-state index contributed by atoms with van der Waals surface area (Å²) >= 11 is 3.31. The minimum atomic E-state index is -0.900. The summed E-state index contributed by atoms with van der Waals surface area (Å²) < 4.78 is 10.7. The van der Waals surface area contributed by atoms with E-state index < -0.39 is 23.7 Å². The smallest absolute Gasteiger partial charge is 0.408 e. The molecule has 1 atom stereocenters. The number of hydrogen-bond donors (Lipinski definition) is 1. The van der Waals surface area contributed by atoms with Crippen LogP contribution in [-0.4, -0.2) is 24.8 Å². The molecule has 0 heterocycles. The van der Waals surface area contributed by atoms with Crippen molar-refractivity contribution >= 4 is 28.0 Å². The van der Waals surface area contributed by atoms with Crippen LogP contribution in [0.25, 0.3) is 0 Å². The van der Waals surface area contributed by atoms with E-state index in [9.17, 15) is 9.59 Å². The number of benzene rings is 1. The zero-order valence-corrected chi connectivity index (χ0v) is 13.5. The highest BCUT2D eigenvalue weighted by atomic mass is 79.9. The van der Waals surface area contributed by atoms with Crippen LogP contribution in [0.15, 0.2) is 28.7 Å². The Morgan fingerprint density at radius 1 is 1.20 bits per heavy atom. The number of amides is 1. The molecule has 20 heavy (non-hydrogen) atoms. The number of ether oxygens (including phenoxy) is 2. The molecule has 0 aliphatic carbocycles. The average Bonchev–Trinajstić information content (AvgIpc) is 2.34. The number of methoxy groups -OCH3 is 1. The zero-order valence-electron chi connectivity index (χ0n) is 11.9. The zero-order chi connectivity index (χ0) is 15.3. The SMILES string of the molecule is COC(=O)[C@@H](NC(=O)OC(C)(C)C)c1ccc(Br)cc1. The molecule has 1 amide bonds. The van der Waals surface area contributed by atoms with Gasteiger partial charge in [-0.3, -0.25) is 0 Å². The molecule has 1 aromatic carbocycles. The van der Waals surface area contributed by atoms with Crippen LogP contribution in [-0.2, 0) is 14.3 Å². The summed E-state index contributed by atoms with van der Waals surface area (Å²) in [6, 6.07) is 6.11. The van der Waals surface area contributed by atoms with E-state index >= 15 is 0 Å². The molecular formula is C14H18BrNO4. The first kappa shape index (κ1) is 16.5. The predicted octanol–water partition coefficient (Wildman–Crippen LogP) is 3.19. The third-order valence-electron chi connectivity index (χ3n) is 2.30. The maximum absolute atomic E-state index is 11.8. The van der Waals surface area contributed by atoms with E-state index in [1.807, 2.05) is 0 Å². The molecular weight excluding hydrogens is 326 g/mol. The molecule has 110 valence electrons. The topological polar surface area (TPSA) is 64.6 Å². The van der Waals surface area contributed by atoms with Crippen molar-refractivity contribution in [2.45, 2.75) is 32.4 Å². The molecule has 0 saturated heterocycles. The number of carbonyl (C=O) groups excluding carboxylic acids is 2. The van der Waals surface area contributed by atoms with E-state index in [-0.39, 0.29) is 0 Å². The van der Waals surface area contributed by atoms with Crippen LogP contribution in [0.1, 0.15) is 32.4 Å². The minimum Gasteiger partial charge on any atom is -0.467 e. The second kappa shape index (κ2) is 6.74. The highest BCUT2D eigenvalue weighted by Gasteiger charge is 2.26. The summed E-state index contributed by atoms with van der Waals surface area (Å²) in [7, 11) is 1.27. The molecule has 1 N–H and O–H groups in total. The molecule has 0 aliphatic heterocycles. The van der Waals surface area contributed by atoms with Gasteiger partial charge in [-0.05, 0) is 38.5 Å². The lowest BCUT2D eigenvalue weighted by atomic mass is 10.1. The van der Waals surface area contributed by atoms with Gasteiger partial charge in [-0.15, -0.1) is 0 Å². The molecule has 0 bridgehead atoms. The van der Waals surface area contributed by atoms with Crippen LogP contribution in [0, 0.1) is 0 Å². The van der Waals surface area contributed by atoms with Crippen LogP contribution in [0.2, 0.25) is 0 Å². The largest absolute Gasteiger partial charge is 0.467 e. The normalized spacial score (nSPS) is 12.4. The Kier molecular flexibility index (Phi) is 5.56. The molecule has 0 aliphatic rings. The molecule has 0 radical (unpaired) electrons. The van der Waals surface area contributed by atoms with Crippen molar-refractivity contribution in [1.82, 2.24) is 5.32 Å². The highest BCUT2D eigenvalue weighted by molar-refractivity contribution is 9.10. The number of rotatable bonds is 3. The van der Waals surface area contributed by atoms with E-state index in [2.05, 4.69) is 21.2 Å². The van der Waals surface area contributed by atoms with Gasteiger partial charge in [0.15, 0.2) is 6.04 Å². The number of carbonyl (C=O) groups is 2. The number of halogens is 1. The summed E-state index contributed by atoms with van der Waals surface area (Å²) in [4.78, 5) is 23.6. The van der Waals surface area contributed by atoms with E-state index in [1.165, 1.54) is 7.11 Å². The van der Waals surface area contributed by atoms with Gasteiger partial charge in [0.1, 0.15) is 5.60 Å². The molecule has 0 aromatic heterocycles. The standard InChI is InChI=1S/C14H18BrNO4/c1-14(2,3)20-13(18)16-11(12(17)19-4)9-5-7-10(15)8-6-9/h5-8,11H,1-4H3,(H,16,18)/t11-/m0/s1. The number of esters is 1. The van der Waals surface area contributed by atoms with Crippen LogP contribution >= 0.6 is 15.9 Å². The third-order valence-corrected chi connectivity index (χ3v) is 2.83. The van der Waals surface area contributed by atoms with E-state index in [4.69, 9.17) is 9.47 Å². The summed E-state index contributed by atoms with van der Waals surface area (Å²) in [6.07, 6.45) is -0.671. The summed E-state index contributed by atoms with van der Waals surface area (Å²) in [5.41, 5.74) is -0.0179. The van der Waals surface area contributed by atoms with E-state index in [1.54, 1.807) is 45.0 Å². The maximum Gasteiger partial charge on any atom is 0.408 e. The van der Waals surface area contributed by atoms with Crippen LogP contribution in [0.4, 0.5) is 4.79 Å². The van der Waals surface area contributed by atoms with Crippen LogP contribution in [0.5, 0.6) is 0 Å². The van der Waals surface area contributed by atoms with Gasteiger partial charge in [0, 0.05) is 4.47 Å². The first-order valence-electron chi connectivity index (χ1n) is 6.06. The predicted molar refractivity (Wildman–Crippen MR) is 78.3 cm³/mol. The first-order valence-corrected chi connectivity index (χ1v) is 6.85. The van der Waals surface area contributed by atoms with Gasteiger partial charge in [0.25, 0.3) is 0 Å². The van der Waals surface area contributed by atoms with Gasteiger partial charge >= 0.3 is 12.1 Å². The third kappa shape index (κ3) is 5.21. The van der Waals surface area contributed by atoms with Crippen molar-refractivity contribution in [3.63, 3.8) is 0 Å². The molecule has 0 unspecified atom stereocenters. The van der Waals surface area contributed by atoms with Crippen molar-refractivity contribution < 1.29 is 19.1 Å². The summed E-state index contributed by atoms with van der Waals surface area (Å²) in [5.74, 6) is -0.557. The molecule has 5 nitrogen and oxygen atoms in total. The minimum absolute atomic E-state index is 0.557. The van der Waals surface area contributed by atoms with Gasteiger partial charge in [-0.25, -0.2) is 9.59 Å². The van der Waals surface area contributed by atoms with Crippen molar-refractivity contribution in [3.05, 3.63) is 34.3 Å². The van der Waals surface area contributed by atoms with Gasteiger partial charge in [-0.1, -0.05) is 28.1 Å². The Bertz CT molecular complexity index is 479. The summed E-state index contributed by atoms with van der Waals surface area (Å²) in [5, 5.41) is 2.51. The Balaban J connectivity index is 2.88. The molecule has 1 aromatic rings. The summed E-state index contributed by atoms with van der Waals surface area (Å²) in [6.45, 7) is 5.25. The van der Waals surface area contributed by atoms with Crippen molar-refractivity contribution in [2.75, 3.05) is 7.11 Å². The highest BCUT2D eigenvalue weighted by Crippen LogP contribution is 2.19. The van der Waals surface area contributed by atoms with Crippen molar-refractivity contribution in [2.24, 2.45) is 0 Å². The van der Waals surface area contributed by atoms with Gasteiger partial charge < -0.3 is 14.8 Å². The fraction of sp³-hybridized carbons (Fsp3) is 0.429. The van der Waals surface area contributed by atoms with Gasteiger partial charge in [0.2, 0.25) is 0 Å². The lowest BCUT2D eigenvalue weighted by Crippen LogP contribution is -2.38. The van der Waals surface area contributed by atoms with E-state index in [0.29, 0.717) is 5.56 Å². The fourth-order valence-corrected chi connectivity index (χ4v) is 1.74. The lowest BCUT2D eigenvalue weighted by Gasteiger charge is -2.22. The van der Waals surface area contributed by atoms with Gasteiger partial charge in [0.05, 0.1) is 7.11 Å². The Morgan fingerprint density at radius 2 is 1.75 bits per heavy atom. The second-order valence-corrected chi connectivity index (χ2v) is 6.07. The van der Waals surface area contributed by atoms with Crippen LogP contribution in [0.3, 0.4) is 0 Å². The van der Waals surface area contributed by atoms with Crippen LogP contribution < -0.4 is 5.32 Å². The van der Waals surface area contributed by atoms with E-state index in [0.717, 1.165) is 4.47 Å². The molecule has 0 saturated carbocycles. The molecule has 0 spiro atoms. The number of hydrogen-bond acceptors (Lipinski definition) is 4. The van der Waals surface area contributed by atoms with Crippen molar-refractivity contribution in [1.29, 1.82) is 0 Å². The number of nitrogens with one attached hydrogen (secondary N) is 1. The first-order chi connectivity index (χ1) is 9.23. The molecule has 0 fully saturated rings. The Labute approximate surface area is 126 Å². The Morgan fingerprint density at radius 3 is 2.20 bits per heavy atom. The lowest BCUT2D eigenvalue weighted by molar-refractivity contribution is -0.143. The average molecular weight is 344 g/mol. The van der Waals surface area contributed by atoms with Crippen molar-refractivity contribution in [3.8, 4) is 0 Å².